The first kappa shape index (κ1) is 14.9. The van der Waals surface area contributed by atoms with Gasteiger partial charge in [-0.25, -0.2) is 0 Å². The Morgan fingerprint density at radius 1 is 1.29 bits per heavy atom. The van der Waals surface area contributed by atoms with Crippen LogP contribution in [-0.4, -0.2) is 43.8 Å². The summed E-state index contributed by atoms with van der Waals surface area (Å²) in [6, 6.07) is 0. The van der Waals surface area contributed by atoms with Crippen molar-refractivity contribution in [1.29, 1.82) is 0 Å². The highest BCUT2D eigenvalue weighted by Crippen LogP contribution is 2.31. The topological polar surface area (TPSA) is 38.5 Å². The summed E-state index contributed by atoms with van der Waals surface area (Å²) in [6.45, 7) is 12.9. The minimum absolute atomic E-state index is 0.0116. The van der Waals surface area contributed by atoms with Crippen LogP contribution in [0.1, 0.15) is 34.1 Å². The quantitative estimate of drug-likeness (QED) is 0.801. The summed E-state index contributed by atoms with van der Waals surface area (Å²) in [5, 5.41) is 0. The van der Waals surface area contributed by atoms with Crippen LogP contribution in [0, 0.1) is 17.8 Å². The number of nitrogens with zero attached hydrogens (tertiary/aromatic N) is 1. The largest absolute Gasteiger partial charge is 0.383 e. The van der Waals surface area contributed by atoms with Gasteiger partial charge in [0.2, 0.25) is 0 Å². The number of nitrogens with two attached hydrogens (primary N) is 1. The molecule has 0 amide bonds. The Kier molecular flexibility index (Phi) is 5.42. The van der Waals surface area contributed by atoms with Crippen LogP contribution in [0.25, 0.3) is 0 Å². The van der Waals surface area contributed by atoms with Crippen LogP contribution in [0.2, 0.25) is 0 Å². The van der Waals surface area contributed by atoms with Gasteiger partial charge in [0.25, 0.3) is 0 Å². The zero-order valence-electron chi connectivity index (χ0n) is 12.2. The van der Waals surface area contributed by atoms with Gasteiger partial charge in [-0.3, -0.25) is 4.90 Å². The first-order chi connectivity index (χ1) is 7.96. The number of piperidine rings is 1. The van der Waals surface area contributed by atoms with Gasteiger partial charge in [-0.15, -0.1) is 0 Å². The molecule has 0 aliphatic carbocycles. The van der Waals surface area contributed by atoms with Gasteiger partial charge in [-0.2, -0.15) is 0 Å². The number of methoxy groups -OCH3 is 1. The predicted octanol–water partition coefficient (Wildman–Crippen LogP) is 1.96. The Balaban J connectivity index is 2.88. The van der Waals surface area contributed by atoms with Crippen LogP contribution in [0.5, 0.6) is 0 Å². The average Bonchev–Trinajstić information content (AvgIpc) is 2.24. The summed E-state index contributed by atoms with van der Waals surface area (Å²) in [7, 11) is 1.78. The summed E-state index contributed by atoms with van der Waals surface area (Å²) in [5.41, 5.74) is 6.11. The van der Waals surface area contributed by atoms with E-state index in [1.807, 2.05) is 0 Å². The smallest absolute Gasteiger partial charge is 0.0661 e. The molecule has 0 radical (unpaired) electrons. The molecule has 102 valence electrons. The van der Waals surface area contributed by atoms with Crippen LogP contribution < -0.4 is 5.73 Å². The lowest BCUT2D eigenvalue weighted by molar-refractivity contribution is -0.0467. The summed E-state index contributed by atoms with van der Waals surface area (Å²) in [6.07, 6.45) is 1.34. The SMILES string of the molecule is COCC(CN)(C(C)C)N1CC(C)CC(C)C1. The molecule has 1 heterocycles. The molecular formula is C14H30N2O. The number of hydrogen-bond acceptors (Lipinski definition) is 3. The third-order valence-electron chi connectivity index (χ3n) is 4.32. The Morgan fingerprint density at radius 2 is 1.82 bits per heavy atom. The molecule has 0 aromatic rings. The maximum absolute atomic E-state index is 6.09. The van der Waals surface area contributed by atoms with Crippen LogP contribution >= 0.6 is 0 Å². The molecule has 3 nitrogen and oxygen atoms in total. The molecule has 3 heteroatoms. The normalized spacial score (nSPS) is 30.5. The van der Waals surface area contributed by atoms with Crippen molar-refractivity contribution in [3.05, 3.63) is 0 Å². The number of rotatable bonds is 5. The van der Waals surface area contributed by atoms with Crippen molar-refractivity contribution >= 4 is 0 Å². The number of hydrogen-bond donors (Lipinski definition) is 1. The summed E-state index contributed by atoms with van der Waals surface area (Å²) < 4.78 is 5.46. The van der Waals surface area contributed by atoms with E-state index in [0.29, 0.717) is 12.5 Å². The monoisotopic (exact) mass is 242 g/mol. The fraction of sp³-hybridized carbons (Fsp3) is 1.00. The molecule has 3 atom stereocenters. The minimum Gasteiger partial charge on any atom is -0.383 e. The zero-order chi connectivity index (χ0) is 13.1. The van der Waals surface area contributed by atoms with Gasteiger partial charge in [-0.1, -0.05) is 27.7 Å². The van der Waals surface area contributed by atoms with Crippen molar-refractivity contribution in [2.75, 3.05) is 33.4 Å². The molecule has 3 unspecified atom stereocenters. The van der Waals surface area contributed by atoms with E-state index in [2.05, 4.69) is 32.6 Å². The van der Waals surface area contributed by atoms with Gasteiger partial charge >= 0.3 is 0 Å². The van der Waals surface area contributed by atoms with Crippen molar-refractivity contribution in [2.45, 2.75) is 39.7 Å². The van der Waals surface area contributed by atoms with E-state index < -0.39 is 0 Å². The molecule has 1 saturated heterocycles. The van der Waals surface area contributed by atoms with E-state index in [9.17, 15) is 0 Å². The van der Waals surface area contributed by atoms with Crippen LogP contribution in [-0.2, 0) is 4.74 Å². The lowest BCUT2D eigenvalue weighted by Gasteiger charge is -2.50. The molecule has 0 bridgehead atoms. The van der Waals surface area contributed by atoms with E-state index in [-0.39, 0.29) is 5.54 Å². The van der Waals surface area contributed by atoms with Crippen LogP contribution in [0.3, 0.4) is 0 Å². The molecular weight excluding hydrogens is 212 g/mol. The molecule has 0 aromatic carbocycles. The third-order valence-corrected chi connectivity index (χ3v) is 4.32. The van der Waals surface area contributed by atoms with Gasteiger partial charge in [0.1, 0.15) is 0 Å². The second-order valence-electron chi connectivity index (χ2n) is 6.25. The maximum Gasteiger partial charge on any atom is 0.0661 e. The van der Waals surface area contributed by atoms with E-state index in [4.69, 9.17) is 10.5 Å². The van der Waals surface area contributed by atoms with Gasteiger partial charge < -0.3 is 10.5 Å². The second-order valence-corrected chi connectivity index (χ2v) is 6.25. The van der Waals surface area contributed by atoms with E-state index >= 15 is 0 Å². The Bertz CT molecular complexity index is 222. The fourth-order valence-corrected chi connectivity index (χ4v) is 3.32. The molecule has 1 aliphatic rings. The molecule has 0 aromatic heterocycles. The van der Waals surface area contributed by atoms with Crippen molar-refractivity contribution in [1.82, 2.24) is 4.90 Å². The van der Waals surface area contributed by atoms with E-state index in [0.717, 1.165) is 31.5 Å². The van der Waals surface area contributed by atoms with Gasteiger partial charge in [-0.05, 0) is 24.2 Å². The van der Waals surface area contributed by atoms with Crippen molar-refractivity contribution < 1.29 is 4.74 Å². The second kappa shape index (κ2) is 6.17. The summed E-state index contributed by atoms with van der Waals surface area (Å²) in [4.78, 5) is 2.58. The van der Waals surface area contributed by atoms with Gasteiger partial charge in [0, 0.05) is 26.7 Å². The molecule has 1 fully saturated rings. The molecule has 0 saturated carbocycles. The Morgan fingerprint density at radius 3 is 2.18 bits per heavy atom. The Hall–Kier alpha value is -0.120. The lowest BCUT2D eigenvalue weighted by atomic mass is 9.80. The molecule has 17 heavy (non-hydrogen) atoms. The van der Waals surface area contributed by atoms with Crippen molar-refractivity contribution in [3.8, 4) is 0 Å². The molecule has 0 spiro atoms. The van der Waals surface area contributed by atoms with E-state index in [1.165, 1.54) is 6.42 Å². The molecule has 1 aliphatic heterocycles. The first-order valence-corrected chi connectivity index (χ1v) is 6.90. The van der Waals surface area contributed by atoms with Crippen LogP contribution in [0.4, 0.5) is 0 Å². The predicted molar refractivity (Wildman–Crippen MR) is 73.0 cm³/mol. The van der Waals surface area contributed by atoms with Crippen LogP contribution in [0.15, 0.2) is 0 Å². The zero-order valence-corrected chi connectivity index (χ0v) is 12.2. The fourth-order valence-electron chi connectivity index (χ4n) is 3.32. The lowest BCUT2D eigenvalue weighted by Crippen LogP contribution is -2.63. The molecule has 2 N–H and O–H groups in total. The maximum atomic E-state index is 6.09. The minimum atomic E-state index is 0.0116. The van der Waals surface area contributed by atoms with Gasteiger partial charge in [0.15, 0.2) is 0 Å². The highest BCUT2D eigenvalue weighted by molar-refractivity contribution is 4.97. The summed E-state index contributed by atoms with van der Waals surface area (Å²) in [5.74, 6) is 2.05. The van der Waals surface area contributed by atoms with Gasteiger partial charge in [0.05, 0.1) is 12.1 Å². The first-order valence-electron chi connectivity index (χ1n) is 6.90. The Labute approximate surface area is 107 Å². The van der Waals surface area contributed by atoms with Crippen molar-refractivity contribution in [3.63, 3.8) is 0 Å². The average molecular weight is 242 g/mol. The van der Waals surface area contributed by atoms with E-state index in [1.54, 1.807) is 7.11 Å². The third kappa shape index (κ3) is 3.21. The number of ether oxygens (including phenoxy) is 1. The standard InChI is InChI=1S/C14H30N2O/c1-11(2)14(9-15,10-17-5)16-7-12(3)6-13(4)8-16/h11-13H,6-10,15H2,1-5H3. The summed E-state index contributed by atoms with van der Waals surface area (Å²) >= 11 is 0. The van der Waals surface area contributed by atoms with Crippen molar-refractivity contribution in [2.24, 2.45) is 23.5 Å². The number of likely N-dealkylation sites (tertiary alicyclic amines) is 1. The molecule has 1 rings (SSSR count). The highest BCUT2D eigenvalue weighted by Gasteiger charge is 2.41. The highest BCUT2D eigenvalue weighted by atomic mass is 16.5.